The summed E-state index contributed by atoms with van der Waals surface area (Å²) in [6, 6.07) is 0.690. The highest BCUT2D eigenvalue weighted by atomic mass is 19.2. The van der Waals surface area contributed by atoms with Crippen LogP contribution in [0.4, 0.5) is 29.3 Å². The molecule has 1 fully saturated rings. The number of hydrogen-bond donors (Lipinski definition) is 0. The summed E-state index contributed by atoms with van der Waals surface area (Å²) >= 11 is 0. The van der Waals surface area contributed by atoms with Crippen molar-refractivity contribution in [3.8, 4) is 0 Å². The molecule has 3 rings (SSSR count). The normalized spacial score (nSPS) is 19.6. The molecule has 1 aromatic carbocycles. The Hall–Kier alpha value is -3.20. The smallest absolute Gasteiger partial charge is 0.414 e. The molecule has 1 saturated heterocycles. The fraction of sp³-hybridized carbons (Fsp3) is 0.333. The van der Waals surface area contributed by atoms with Crippen molar-refractivity contribution < 1.29 is 27.5 Å². The van der Waals surface area contributed by atoms with Crippen molar-refractivity contribution in [3.05, 3.63) is 46.2 Å². The number of anilines is 2. The highest BCUT2D eigenvalue weighted by Crippen LogP contribution is 2.35. The predicted octanol–water partition coefficient (Wildman–Crippen LogP) is 3.03. The molecule has 1 atom stereocenters. The first kappa shape index (κ1) is 17.6. The van der Waals surface area contributed by atoms with E-state index in [0.29, 0.717) is 6.07 Å². The summed E-state index contributed by atoms with van der Waals surface area (Å²) in [5, 5.41) is 3.25. The topological polar surface area (TPSA) is 98.6 Å². The number of nitrogens with zero attached hydrogens (tertiary/aromatic N) is 5. The van der Waals surface area contributed by atoms with Crippen LogP contribution in [-0.2, 0) is 9.53 Å². The Morgan fingerprint density at radius 3 is 2.73 bits per heavy atom. The molecular weight excluding hydrogens is 355 g/mol. The van der Waals surface area contributed by atoms with Gasteiger partial charge in [-0.3, -0.25) is 9.69 Å². The average molecular weight is 367 g/mol. The maximum Gasteiger partial charge on any atom is 0.414 e. The Labute approximate surface area is 145 Å². The third kappa shape index (κ3) is 3.16. The highest BCUT2D eigenvalue weighted by molar-refractivity contribution is 5.92. The summed E-state index contributed by atoms with van der Waals surface area (Å²) in [4.78, 5) is 27.4. The van der Waals surface area contributed by atoms with Gasteiger partial charge in [0.1, 0.15) is 11.8 Å². The summed E-state index contributed by atoms with van der Waals surface area (Å²) in [5.41, 5.74) is 7.02. The van der Waals surface area contributed by atoms with Gasteiger partial charge in [-0.05, 0) is 11.6 Å². The van der Waals surface area contributed by atoms with Crippen molar-refractivity contribution in [3.63, 3.8) is 0 Å². The highest BCUT2D eigenvalue weighted by Gasteiger charge is 2.36. The molecule has 0 aliphatic carbocycles. The van der Waals surface area contributed by atoms with Crippen LogP contribution < -0.4 is 9.80 Å². The van der Waals surface area contributed by atoms with Gasteiger partial charge in [0, 0.05) is 30.1 Å². The van der Waals surface area contributed by atoms with Gasteiger partial charge in [0.25, 0.3) is 0 Å². The summed E-state index contributed by atoms with van der Waals surface area (Å²) in [6.45, 7) is -0.400. The number of ether oxygens (including phenoxy) is 1. The number of carbonyl (C=O) groups is 2. The van der Waals surface area contributed by atoms with Crippen molar-refractivity contribution in [1.29, 1.82) is 0 Å². The minimum absolute atomic E-state index is 0.00194. The van der Waals surface area contributed by atoms with Crippen LogP contribution in [0.5, 0.6) is 0 Å². The SMILES string of the molecule is [N-]=[N+]=NC[C@H]1CN(c2cc(F)c(N3C=CC(=O)CC3)c(F)c2F)C(=O)O1. The molecular formula is C15H12F3N5O3. The molecule has 0 bridgehead atoms. The number of halogens is 3. The maximum absolute atomic E-state index is 14.5. The molecule has 1 amide bonds. The van der Waals surface area contributed by atoms with Gasteiger partial charge in [0.05, 0.1) is 18.8 Å². The van der Waals surface area contributed by atoms with E-state index in [-0.39, 0.29) is 31.8 Å². The largest absolute Gasteiger partial charge is 0.444 e. The molecule has 0 unspecified atom stereocenters. The van der Waals surface area contributed by atoms with Gasteiger partial charge in [-0.15, -0.1) is 0 Å². The second-order valence-electron chi connectivity index (χ2n) is 5.61. The number of ketones is 1. The van der Waals surface area contributed by atoms with Crippen LogP contribution in [0.3, 0.4) is 0 Å². The number of azide groups is 1. The fourth-order valence-corrected chi connectivity index (χ4v) is 2.72. The summed E-state index contributed by atoms with van der Waals surface area (Å²) in [6.07, 6.45) is 0.508. The third-order valence-corrected chi connectivity index (χ3v) is 3.96. The van der Waals surface area contributed by atoms with Crippen LogP contribution in [-0.4, -0.2) is 37.6 Å². The van der Waals surface area contributed by atoms with Gasteiger partial charge in [0.2, 0.25) is 0 Å². The first-order valence-corrected chi connectivity index (χ1v) is 7.56. The first-order valence-electron chi connectivity index (χ1n) is 7.56. The number of allylic oxidation sites excluding steroid dienone is 1. The average Bonchev–Trinajstić information content (AvgIpc) is 2.98. The van der Waals surface area contributed by atoms with Crippen molar-refractivity contribution >= 4 is 23.3 Å². The van der Waals surface area contributed by atoms with Crippen LogP contribution >= 0.6 is 0 Å². The number of hydrogen-bond acceptors (Lipinski definition) is 5. The van der Waals surface area contributed by atoms with Crippen LogP contribution in [0.25, 0.3) is 10.4 Å². The monoisotopic (exact) mass is 367 g/mol. The molecule has 8 nitrogen and oxygen atoms in total. The number of benzene rings is 1. The van der Waals surface area contributed by atoms with Crippen LogP contribution in [0.2, 0.25) is 0 Å². The zero-order valence-corrected chi connectivity index (χ0v) is 13.2. The Morgan fingerprint density at radius 2 is 2.08 bits per heavy atom. The number of carbonyl (C=O) groups excluding carboxylic acids is 2. The van der Waals surface area contributed by atoms with Crippen molar-refractivity contribution in [2.45, 2.75) is 12.5 Å². The second-order valence-corrected chi connectivity index (χ2v) is 5.61. The van der Waals surface area contributed by atoms with E-state index in [0.717, 1.165) is 15.9 Å². The molecule has 1 aromatic rings. The lowest BCUT2D eigenvalue weighted by molar-refractivity contribution is -0.114. The zero-order chi connectivity index (χ0) is 18.8. The Bertz CT molecular complexity index is 853. The summed E-state index contributed by atoms with van der Waals surface area (Å²) in [7, 11) is 0. The van der Waals surface area contributed by atoms with E-state index in [2.05, 4.69) is 10.0 Å². The minimum Gasteiger partial charge on any atom is -0.444 e. The molecule has 0 aromatic heterocycles. The van der Waals surface area contributed by atoms with Crippen molar-refractivity contribution in [2.24, 2.45) is 5.11 Å². The maximum atomic E-state index is 14.5. The summed E-state index contributed by atoms with van der Waals surface area (Å²) in [5.74, 6) is -4.20. The predicted molar refractivity (Wildman–Crippen MR) is 84.1 cm³/mol. The molecule has 0 saturated carbocycles. The van der Waals surface area contributed by atoms with E-state index in [1.807, 2.05) is 0 Å². The van der Waals surface area contributed by atoms with E-state index >= 15 is 0 Å². The lowest BCUT2D eigenvalue weighted by Crippen LogP contribution is -2.29. The van der Waals surface area contributed by atoms with E-state index < -0.39 is 41.0 Å². The Morgan fingerprint density at radius 1 is 1.31 bits per heavy atom. The summed E-state index contributed by atoms with van der Waals surface area (Å²) < 4.78 is 48.3. The molecule has 2 heterocycles. The zero-order valence-electron chi connectivity index (χ0n) is 13.2. The van der Waals surface area contributed by atoms with Gasteiger partial charge < -0.3 is 9.64 Å². The van der Waals surface area contributed by atoms with E-state index in [1.54, 1.807) is 0 Å². The van der Waals surface area contributed by atoms with Gasteiger partial charge >= 0.3 is 6.09 Å². The van der Waals surface area contributed by atoms with Gasteiger partial charge in [-0.1, -0.05) is 5.11 Å². The molecule has 2 aliphatic rings. The first-order chi connectivity index (χ1) is 12.4. The fourth-order valence-electron chi connectivity index (χ4n) is 2.72. The third-order valence-electron chi connectivity index (χ3n) is 3.96. The van der Waals surface area contributed by atoms with Gasteiger partial charge in [0.15, 0.2) is 23.2 Å². The van der Waals surface area contributed by atoms with Crippen molar-refractivity contribution in [1.82, 2.24) is 0 Å². The van der Waals surface area contributed by atoms with E-state index in [9.17, 15) is 22.8 Å². The number of cyclic esters (lactones) is 1. The van der Waals surface area contributed by atoms with Crippen LogP contribution in [0, 0.1) is 17.5 Å². The van der Waals surface area contributed by atoms with Crippen LogP contribution in [0.15, 0.2) is 23.5 Å². The quantitative estimate of drug-likeness (QED) is 0.353. The minimum atomic E-state index is -1.48. The Balaban J connectivity index is 1.93. The number of rotatable bonds is 4. The van der Waals surface area contributed by atoms with E-state index in [1.165, 1.54) is 6.20 Å². The molecule has 11 heteroatoms. The van der Waals surface area contributed by atoms with Gasteiger partial charge in [-0.25, -0.2) is 18.0 Å². The lowest BCUT2D eigenvalue weighted by Gasteiger charge is -2.25. The molecule has 2 aliphatic heterocycles. The van der Waals surface area contributed by atoms with E-state index in [4.69, 9.17) is 10.3 Å². The molecule has 136 valence electrons. The molecule has 26 heavy (non-hydrogen) atoms. The van der Waals surface area contributed by atoms with Crippen molar-refractivity contribution in [2.75, 3.05) is 29.4 Å². The Kier molecular flexibility index (Phi) is 4.72. The molecule has 0 N–H and O–H groups in total. The lowest BCUT2D eigenvalue weighted by atomic mass is 10.1. The van der Waals surface area contributed by atoms with Crippen LogP contribution in [0.1, 0.15) is 6.42 Å². The molecule has 0 spiro atoms. The second kappa shape index (κ2) is 6.96. The number of amides is 1. The van der Waals surface area contributed by atoms with Gasteiger partial charge in [-0.2, -0.15) is 0 Å². The molecule has 0 radical (unpaired) electrons. The standard InChI is InChI=1S/C15H12F3N5O3/c16-10-5-11(23-7-9(6-20-21-19)26-15(23)25)12(17)13(18)14(10)22-3-1-8(24)2-4-22/h1,3,5,9H,2,4,6-7H2/t9-/m0/s1.